The van der Waals surface area contributed by atoms with E-state index in [0.717, 1.165) is 44.2 Å². The average molecular weight is 264 g/mol. The van der Waals surface area contributed by atoms with Crippen LogP contribution in [0.15, 0.2) is 6.07 Å². The van der Waals surface area contributed by atoms with Crippen molar-refractivity contribution in [2.75, 3.05) is 36.5 Å². The molecule has 6 nitrogen and oxygen atoms in total. The van der Waals surface area contributed by atoms with Crippen molar-refractivity contribution in [1.29, 1.82) is 0 Å². The van der Waals surface area contributed by atoms with Gasteiger partial charge in [-0.15, -0.1) is 0 Å². The zero-order valence-electron chi connectivity index (χ0n) is 12.1. The number of aromatic nitrogens is 2. The predicted molar refractivity (Wildman–Crippen MR) is 78.1 cm³/mol. The third-order valence-electron chi connectivity index (χ3n) is 3.72. The van der Waals surface area contributed by atoms with E-state index in [2.05, 4.69) is 46.0 Å². The van der Waals surface area contributed by atoms with Crippen molar-refractivity contribution in [1.82, 2.24) is 14.9 Å². The number of aryl methyl sites for hydroxylation is 1. The van der Waals surface area contributed by atoms with Gasteiger partial charge in [-0.25, -0.2) is 15.8 Å². The van der Waals surface area contributed by atoms with Crippen molar-refractivity contribution in [3.63, 3.8) is 0 Å². The summed E-state index contributed by atoms with van der Waals surface area (Å²) in [7, 11) is 0. The van der Waals surface area contributed by atoms with Gasteiger partial charge in [0.15, 0.2) is 0 Å². The van der Waals surface area contributed by atoms with Gasteiger partial charge in [-0.2, -0.15) is 0 Å². The maximum Gasteiger partial charge on any atom is 0.145 e. The molecule has 0 saturated carbocycles. The highest BCUT2D eigenvalue weighted by atomic mass is 15.3. The van der Waals surface area contributed by atoms with Crippen LogP contribution in [0, 0.1) is 0 Å². The average Bonchev–Trinajstić information content (AvgIpc) is 2.46. The summed E-state index contributed by atoms with van der Waals surface area (Å²) in [5.74, 6) is 7.97. The SMILES string of the molecule is CCc1nc(NN)cc(N2CCN(CC)C(C)C2)n1. The summed E-state index contributed by atoms with van der Waals surface area (Å²) >= 11 is 0. The lowest BCUT2D eigenvalue weighted by molar-refractivity contribution is 0.199. The fourth-order valence-corrected chi connectivity index (χ4v) is 2.55. The summed E-state index contributed by atoms with van der Waals surface area (Å²) in [6.07, 6.45) is 0.812. The number of hydrogen-bond acceptors (Lipinski definition) is 6. The van der Waals surface area contributed by atoms with Crippen molar-refractivity contribution in [2.24, 2.45) is 5.84 Å². The Morgan fingerprint density at radius 2 is 2.16 bits per heavy atom. The van der Waals surface area contributed by atoms with E-state index in [1.807, 2.05) is 6.07 Å². The molecule has 0 aromatic carbocycles. The van der Waals surface area contributed by atoms with E-state index in [0.29, 0.717) is 11.9 Å². The molecule has 0 aliphatic carbocycles. The van der Waals surface area contributed by atoms with Gasteiger partial charge in [0.2, 0.25) is 0 Å². The van der Waals surface area contributed by atoms with E-state index in [1.165, 1.54) is 0 Å². The number of nitrogen functional groups attached to an aromatic ring is 1. The molecule has 0 spiro atoms. The van der Waals surface area contributed by atoms with Crippen LogP contribution in [0.3, 0.4) is 0 Å². The minimum absolute atomic E-state index is 0.549. The van der Waals surface area contributed by atoms with Gasteiger partial charge in [-0.1, -0.05) is 13.8 Å². The second-order valence-electron chi connectivity index (χ2n) is 4.95. The van der Waals surface area contributed by atoms with Gasteiger partial charge in [0, 0.05) is 38.2 Å². The van der Waals surface area contributed by atoms with E-state index in [1.54, 1.807) is 0 Å². The molecular weight excluding hydrogens is 240 g/mol. The lowest BCUT2D eigenvalue weighted by Crippen LogP contribution is -2.52. The Balaban J connectivity index is 2.18. The molecule has 1 aromatic heterocycles. The smallest absolute Gasteiger partial charge is 0.145 e. The first-order valence-electron chi connectivity index (χ1n) is 7.01. The zero-order valence-corrected chi connectivity index (χ0v) is 12.1. The zero-order chi connectivity index (χ0) is 13.8. The number of anilines is 2. The van der Waals surface area contributed by atoms with Crippen molar-refractivity contribution in [3.8, 4) is 0 Å². The molecule has 1 atom stereocenters. The second-order valence-corrected chi connectivity index (χ2v) is 4.95. The Labute approximate surface area is 115 Å². The van der Waals surface area contributed by atoms with Crippen molar-refractivity contribution in [2.45, 2.75) is 33.2 Å². The molecule has 0 amide bonds. The number of rotatable bonds is 4. The van der Waals surface area contributed by atoms with Gasteiger partial charge >= 0.3 is 0 Å². The minimum atomic E-state index is 0.549. The second kappa shape index (κ2) is 6.16. The lowest BCUT2D eigenvalue weighted by atomic mass is 10.2. The number of nitrogens with zero attached hydrogens (tertiary/aromatic N) is 4. The minimum Gasteiger partial charge on any atom is -0.354 e. The van der Waals surface area contributed by atoms with Crippen LogP contribution in [0.5, 0.6) is 0 Å². The van der Waals surface area contributed by atoms with Crippen LogP contribution in [0.4, 0.5) is 11.6 Å². The van der Waals surface area contributed by atoms with Gasteiger partial charge in [0.05, 0.1) is 0 Å². The molecule has 1 saturated heterocycles. The predicted octanol–water partition coefficient (Wildman–Crippen LogP) is 0.855. The third-order valence-corrected chi connectivity index (χ3v) is 3.72. The number of nitrogens with two attached hydrogens (primary N) is 1. The largest absolute Gasteiger partial charge is 0.354 e. The quantitative estimate of drug-likeness (QED) is 0.621. The summed E-state index contributed by atoms with van der Waals surface area (Å²) < 4.78 is 0. The molecule has 2 rings (SSSR count). The molecule has 1 aliphatic rings. The maximum absolute atomic E-state index is 5.48. The molecule has 106 valence electrons. The van der Waals surface area contributed by atoms with E-state index < -0.39 is 0 Å². The standard InChI is InChI=1S/C13H24N6/c1-4-11-15-12(17-14)8-13(16-11)19-7-6-18(5-2)10(3)9-19/h8,10H,4-7,9,14H2,1-3H3,(H,15,16,17). The summed E-state index contributed by atoms with van der Waals surface area (Å²) in [6, 6.07) is 2.47. The van der Waals surface area contributed by atoms with Crippen LogP contribution in [0.2, 0.25) is 0 Å². The molecule has 1 unspecified atom stereocenters. The molecule has 0 radical (unpaired) electrons. The topological polar surface area (TPSA) is 70.3 Å². The summed E-state index contributed by atoms with van der Waals surface area (Å²) in [4.78, 5) is 13.7. The van der Waals surface area contributed by atoms with Crippen LogP contribution in [0.25, 0.3) is 0 Å². The number of nitrogens with one attached hydrogen (secondary N) is 1. The Morgan fingerprint density at radius 1 is 1.37 bits per heavy atom. The number of likely N-dealkylation sites (N-methyl/N-ethyl adjacent to an activating group) is 1. The first-order chi connectivity index (χ1) is 9.17. The van der Waals surface area contributed by atoms with Gasteiger partial charge in [0.1, 0.15) is 17.5 Å². The van der Waals surface area contributed by atoms with Gasteiger partial charge < -0.3 is 10.3 Å². The van der Waals surface area contributed by atoms with Crippen molar-refractivity contribution >= 4 is 11.6 Å². The molecule has 2 heterocycles. The van der Waals surface area contributed by atoms with Gasteiger partial charge in [-0.05, 0) is 13.5 Å². The fraction of sp³-hybridized carbons (Fsp3) is 0.692. The first kappa shape index (κ1) is 14.0. The molecule has 1 fully saturated rings. The lowest BCUT2D eigenvalue weighted by Gasteiger charge is -2.40. The highest BCUT2D eigenvalue weighted by molar-refractivity contribution is 5.49. The van der Waals surface area contributed by atoms with Crippen LogP contribution in [0.1, 0.15) is 26.6 Å². The van der Waals surface area contributed by atoms with Crippen LogP contribution in [-0.2, 0) is 6.42 Å². The molecular formula is C13H24N6. The highest BCUT2D eigenvalue weighted by Gasteiger charge is 2.23. The number of piperazine rings is 1. The summed E-state index contributed by atoms with van der Waals surface area (Å²) in [5, 5.41) is 0. The summed E-state index contributed by atoms with van der Waals surface area (Å²) in [6.45, 7) is 10.7. The normalized spacial score (nSPS) is 20.6. The highest BCUT2D eigenvalue weighted by Crippen LogP contribution is 2.19. The monoisotopic (exact) mass is 264 g/mol. The third kappa shape index (κ3) is 3.13. The van der Waals surface area contributed by atoms with Crippen molar-refractivity contribution < 1.29 is 0 Å². The maximum atomic E-state index is 5.48. The van der Waals surface area contributed by atoms with E-state index in [9.17, 15) is 0 Å². The van der Waals surface area contributed by atoms with E-state index in [-0.39, 0.29) is 0 Å². The molecule has 1 aromatic rings. The van der Waals surface area contributed by atoms with E-state index >= 15 is 0 Å². The Hall–Kier alpha value is -1.40. The van der Waals surface area contributed by atoms with Crippen LogP contribution >= 0.6 is 0 Å². The Bertz CT molecular complexity index is 399. The molecule has 1 aliphatic heterocycles. The molecule has 6 heteroatoms. The Morgan fingerprint density at radius 3 is 2.74 bits per heavy atom. The van der Waals surface area contributed by atoms with E-state index in [4.69, 9.17) is 5.84 Å². The Kier molecular flexibility index (Phi) is 4.55. The molecule has 3 N–H and O–H groups in total. The van der Waals surface area contributed by atoms with Crippen LogP contribution < -0.4 is 16.2 Å². The summed E-state index contributed by atoms with van der Waals surface area (Å²) in [5.41, 5.74) is 2.62. The fourth-order valence-electron chi connectivity index (χ4n) is 2.55. The molecule has 19 heavy (non-hydrogen) atoms. The van der Waals surface area contributed by atoms with Crippen LogP contribution in [-0.4, -0.2) is 47.1 Å². The number of hydrazine groups is 1. The number of hydrogen-bond donors (Lipinski definition) is 2. The van der Waals surface area contributed by atoms with Crippen molar-refractivity contribution in [3.05, 3.63) is 11.9 Å². The van der Waals surface area contributed by atoms with Gasteiger partial charge in [-0.3, -0.25) is 4.90 Å². The first-order valence-corrected chi connectivity index (χ1v) is 7.01. The van der Waals surface area contributed by atoms with Gasteiger partial charge in [0.25, 0.3) is 0 Å². The molecule has 0 bridgehead atoms.